The number of hydrogen-bond acceptors (Lipinski definition) is 4. The van der Waals surface area contributed by atoms with E-state index in [0.29, 0.717) is 12.5 Å². The number of nitrogens with one attached hydrogen (secondary N) is 2. The van der Waals surface area contributed by atoms with E-state index in [4.69, 9.17) is 0 Å². The van der Waals surface area contributed by atoms with Crippen LogP contribution in [0.1, 0.15) is 24.1 Å². The smallest absolute Gasteiger partial charge is 0.324 e. The van der Waals surface area contributed by atoms with Crippen molar-refractivity contribution >= 4 is 11.6 Å². The first-order valence-electron chi connectivity index (χ1n) is 7.58. The lowest BCUT2D eigenvalue weighted by Gasteiger charge is -2.14. The summed E-state index contributed by atoms with van der Waals surface area (Å²) in [6, 6.07) is 5.35. The maximum absolute atomic E-state index is 13.2. The normalized spacial score (nSPS) is 14.7. The van der Waals surface area contributed by atoms with Gasteiger partial charge in [-0.05, 0) is 43.5 Å². The van der Waals surface area contributed by atoms with Gasteiger partial charge in [-0.25, -0.2) is 14.4 Å². The van der Waals surface area contributed by atoms with Crippen LogP contribution in [0.4, 0.5) is 29.2 Å². The first kappa shape index (κ1) is 16.6. The Bertz CT molecular complexity index is 713. The van der Waals surface area contributed by atoms with Crippen molar-refractivity contribution in [3.63, 3.8) is 0 Å². The molecule has 0 radical (unpaired) electrons. The van der Waals surface area contributed by atoms with Crippen molar-refractivity contribution in [2.24, 2.45) is 5.92 Å². The highest BCUT2D eigenvalue weighted by molar-refractivity contribution is 5.53. The van der Waals surface area contributed by atoms with Crippen molar-refractivity contribution in [1.29, 1.82) is 0 Å². The minimum Gasteiger partial charge on any atom is -0.324 e. The number of halogens is 4. The second kappa shape index (κ2) is 6.72. The molecule has 1 aromatic heterocycles. The number of nitrogens with zero attached hydrogens (tertiary/aromatic N) is 2. The minimum atomic E-state index is -4.59. The van der Waals surface area contributed by atoms with E-state index >= 15 is 0 Å². The van der Waals surface area contributed by atoms with E-state index in [2.05, 4.69) is 20.6 Å². The van der Waals surface area contributed by atoms with Crippen LogP contribution in [0.3, 0.4) is 0 Å². The molecular weight excluding hydrogens is 324 g/mol. The number of aromatic nitrogens is 2. The summed E-state index contributed by atoms with van der Waals surface area (Å²) in [5, 5.41) is 5.59. The molecule has 1 fully saturated rings. The zero-order chi connectivity index (χ0) is 17.2. The number of anilines is 2. The van der Waals surface area contributed by atoms with Gasteiger partial charge in [0, 0.05) is 24.0 Å². The fourth-order valence-electron chi connectivity index (χ4n) is 2.27. The zero-order valence-electron chi connectivity index (χ0n) is 12.7. The topological polar surface area (TPSA) is 49.8 Å². The first-order valence-corrected chi connectivity index (χ1v) is 7.58. The maximum Gasteiger partial charge on any atom is 0.433 e. The van der Waals surface area contributed by atoms with Gasteiger partial charge >= 0.3 is 6.18 Å². The van der Waals surface area contributed by atoms with Gasteiger partial charge in [0.05, 0.1) is 0 Å². The van der Waals surface area contributed by atoms with Crippen LogP contribution in [0, 0.1) is 11.7 Å². The minimum absolute atomic E-state index is 0.00653. The molecule has 0 spiro atoms. The molecule has 8 heteroatoms. The SMILES string of the molecule is Fc1cccc(Nc2ncc(CNCC3CC3)c(C(F)(F)F)n2)c1. The van der Waals surface area contributed by atoms with Crippen LogP contribution in [-0.4, -0.2) is 16.5 Å². The van der Waals surface area contributed by atoms with E-state index in [1.807, 2.05) is 0 Å². The highest BCUT2D eigenvalue weighted by Gasteiger charge is 2.36. The fourth-order valence-corrected chi connectivity index (χ4v) is 2.27. The highest BCUT2D eigenvalue weighted by atomic mass is 19.4. The van der Waals surface area contributed by atoms with Gasteiger partial charge in [0.1, 0.15) is 5.82 Å². The Morgan fingerprint density at radius 2 is 2.00 bits per heavy atom. The molecule has 1 aliphatic rings. The largest absolute Gasteiger partial charge is 0.433 e. The quantitative estimate of drug-likeness (QED) is 0.784. The summed E-state index contributed by atoms with van der Waals surface area (Å²) < 4.78 is 52.8. The van der Waals surface area contributed by atoms with E-state index < -0.39 is 17.7 Å². The van der Waals surface area contributed by atoms with Crippen LogP contribution in [0.2, 0.25) is 0 Å². The summed E-state index contributed by atoms with van der Waals surface area (Å²) in [5.74, 6) is -0.162. The lowest BCUT2D eigenvalue weighted by molar-refractivity contribution is -0.141. The molecular formula is C16H16F4N4. The third-order valence-corrected chi connectivity index (χ3v) is 3.66. The molecule has 2 N–H and O–H groups in total. The van der Waals surface area contributed by atoms with Gasteiger partial charge in [-0.2, -0.15) is 13.2 Å². The lowest BCUT2D eigenvalue weighted by Crippen LogP contribution is -2.21. The van der Waals surface area contributed by atoms with Crippen molar-refractivity contribution in [3.05, 3.63) is 47.5 Å². The summed E-state index contributed by atoms with van der Waals surface area (Å²) >= 11 is 0. The van der Waals surface area contributed by atoms with Gasteiger partial charge in [-0.3, -0.25) is 0 Å². The lowest BCUT2D eigenvalue weighted by atomic mass is 10.2. The van der Waals surface area contributed by atoms with Crippen molar-refractivity contribution in [2.75, 3.05) is 11.9 Å². The average molecular weight is 340 g/mol. The average Bonchev–Trinajstić information content (AvgIpc) is 3.32. The molecule has 1 aliphatic carbocycles. The van der Waals surface area contributed by atoms with Gasteiger partial charge in [0.15, 0.2) is 5.69 Å². The molecule has 0 aliphatic heterocycles. The number of hydrogen-bond donors (Lipinski definition) is 2. The molecule has 0 amide bonds. The predicted octanol–water partition coefficient (Wildman–Crippen LogP) is 3.88. The molecule has 1 saturated carbocycles. The molecule has 128 valence electrons. The summed E-state index contributed by atoms with van der Waals surface area (Å²) in [5.41, 5.74) is -0.713. The van der Waals surface area contributed by atoms with E-state index in [0.717, 1.165) is 25.1 Å². The molecule has 4 nitrogen and oxygen atoms in total. The van der Waals surface area contributed by atoms with Crippen LogP contribution >= 0.6 is 0 Å². The summed E-state index contributed by atoms with van der Waals surface area (Å²) in [6.07, 6.45) is -1.20. The van der Waals surface area contributed by atoms with Crippen molar-refractivity contribution < 1.29 is 17.6 Å². The van der Waals surface area contributed by atoms with E-state index in [9.17, 15) is 17.6 Å². The Labute approximate surface area is 136 Å². The van der Waals surface area contributed by atoms with E-state index in [1.54, 1.807) is 0 Å². The highest BCUT2D eigenvalue weighted by Crippen LogP contribution is 2.32. The predicted molar refractivity (Wildman–Crippen MR) is 81.1 cm³/mol. The zero-order valence-corrected chi connectivity index (χ0v) is 12.7. The van der Waals surface area contributed by atoms with E-state index in [-0.39, 0.29) is 23.7 Å². The second-order valence-electron chi connectivity index (χ2n) is 5.77. The molecule has 1 heterocycles. The molecule has 3 rings (SSSR count). The molecule has 0 saturated heterocycles. The summed E-state index contributed by atoms with van der Waals surface area (Å²) in [4.78, 5) is 7.48. The van der Waals surface area contributed by atoms with Gasteiger partial charge < -0.3 is 10.6 Å². The van der Waals surface area contributed by atoms with Gasteiger partial charge in [-0.1, -0.05) is 6.07 Å². The van der Waals surface area contributed by atoms with Gasteiger partial charge in [0.2, 0.25) is 5.95 Å². The Morgan fingerprint density at radius 3 is 2.67 bits per heavy atom. The van der Waals surface area contributed by atoms with Crippen LogP contribution < -0.4 is 10.6 Å². The van der Waals surface area contributed by atoms with Crippen molar-refractivity contribution in [2.45, 2.75) is 25.6 Å². The van der Waals surface area contributed by atoms with Gasteiger partial charge in [-0.15, -0.1) is 0 Å². The molecule has 0 unspecified atom stereocenters. The Hall–Kier alpha value is -2.22. The van der Waals surface area contributed by atoms with Crippen LogP contribution in [-0.2, 0) is 12.7 Å². The van der Waals surface area contributed by atoms with Crippen molar-refractivity contribution in [1.82, 2.24) is 15.3 Å². The monoisotopic (exact) mass is 340 g/mol. The first-order chi connectivity index (χ1) is 11.4. The fraction of sp³-hybridized carbons (Fsp3) is 0.375. The van der Waals surface area contributed by atoms with Crippen molar-refractivity contribution in [3.8, 4) is 0 Å². The molecule has 24 heavy (non-hydrogen) atoms. The maximum atomic E-state index is 13.2. The van der Waals surface area contributed by atoms with Crippen LogP contribution in [0.25, 0.3) is 0 Å². The second-order valence-corrected chi connectivity index (χ2v) is 5.77. The summed E-state index contributed by atoms with van der Waals surface area (Å²) in [6.45, 7) is 0.756. The van der Waals surface area contributed by atoms with E-state index in [1.165, 1.54) is 18.2 Å². The Balaban J connectivity index is 1.78. The Morgan fingerprint density at radius 1 is 1.21 bits per heavy atom. The third kappa shape index (κ3) is 4.41. The van der Waals surface area contributed by atoms with Crippen LogP contribution in [0.15, 0.2) is 30.5 Å². The van der Waals surface area contributed by atoms with Gasteiger partial charge in [0.25, 0.3) is 0 Å². The molecule has 1 aromatic carbocycles. The molecule has 0 bridgehead atoms. The molecule has 2 aromatic rings. The number of benzene rings is 1. The van der Waals surface area contributed by atoms with Crippen LogP contribution in [0.5, 0.6) is 0 Å². The molecule has 0 atom stereocenters. The summed E-state index contributed by atoms with van der Waals surface area (Å²) in [7, 11) is 0. The third-order valence-electron chi connectivity index (χ3n) is 3.66. The number of alkyl halides is 3. The Kier molecular flexibility index (Phi) is 4.66. The standard InChI is InChI=1S/C16H16F4N4/c17-12-2-1-3-13(6-12)23-15-22-9-11(8-21-7-10-4-5-10)14(24-15)16(18,19)20/h1-3,6,9-10,21H,4-5,7-8H2,(H,22,23,24). The number of rotatable bonds is 6.